The average molecular weight is 274 g/mol. The lowest BCUT2D eigenvalue weighted by Gasteiger charge is -2.23. The first kappa shape index (κ1) is 13.4. The van der Waals surface area contributed by atoms with Crippen LogP contribution in [-0.2, 0) is 19.5 Å². The van der Waals surface area contributed by atoms with E-state index in [9.17, 15) is 0 Å². The molecule has 0 unspecified atom stereocenters. The Balaban J connectivity index is 1.60. The highest BCUT2D eigenvalue weighted by atomic mass is 16.3. The fourth-order valence-corrected chi connectivity index (χ4v) is 2.56. The van der Waals surface area contributed by atoms with E-state index in [0.717, 1.165) is 49.1 Å². The van der Waals surface area contributed by atoms with Crippen molar-refractivity contribution in [1.29, 1.82) is 0 Å². The molecule has 0 aromatic carbocycles. The smallest absolute Gasteiger partial charge is 0.153 e. The molecule has 1 atom stereocenters. The molecule has 0 bridgehead atoms. The normalized spacial score (nSPS) is 18.5. The molecule has 1 aliphatic rings. The molecule has 1 N–H and O–H groups in total. The summed E-state index contributed by atoms with van der Waals surface area (Å²) in [5.41, 5.74) is 0. The lowest BCUT2D eigenvalue weighted by atomic mass is 10.1. The number of nitrogens with zero attached hydrogens (tertiary/aromatic N) is 3. The lowest BCUT2D eigenvalue weighted by Crippen LogP contribution is -2.37. The predicted octanol–water partition coefficient (Wildman–Crippen LogP) is 2.41. The molecule has 0 aliphatic carbocycles. The van der Waals surface area contributed by atoms with Crippen molar-refractivity contribution in [1.82, 2.24) is 20.1 Å². The van der Waals surface area contributed by atoms with Gasteiger partial charge < -0.3 is 9.73 Å². The van der Waals surface area contributed by atoms with Crippen molar-refractivity contribution in [2.75, 3.05) is 0 Å². The third kappa shape index (κ3) is 2.77. The van der Waals surface area contributed by atoms with Crippen molar-refractivity contribution >= 4 is 0 Å². The zero-order chi connectivity index (χ0) is 14.1. The van der Waals surface area contributed by atoms with Gasteiger partial charge in [-0.15, -0.1) is 0 Å². The Bertz CT molecular complexity index is 584. The Labute approximate surface area is 119 Å². The molecular formula is C15H22N4O. The minimum Gasteiger partial charge on any atom is -0.465 e. The van der Waals surface area contributed by atoms with Gasteiger partial charge in [0.15, 0.2) is 5.82 Å². The number of furan rings is 1. The molecular weight excluding hydrogens is 252 g/mol. The monoisotopic (exact) mass is 274 g/mol. The van der Waals surface area contributed by atoms with Crippen LogP contribution >= 0.6 is 0 Å². The second-order valence-electron chi connectivity index (χ2n) is 5.85. The maximum atomic E-state index is 5.58. The number of hydrogen-bond donors (Lipinski definition) is 1. The molecule has 108 valence electrons. The summed E-state index contributed by atoms with van der Waals surface area (Å²) in [6.45, 7) is 7.92. The number of aromatic nitrogens is 3. The highest BCUT2D eigenvalue weighted by Crippen LogP contribution is 2.17. The molecule has 0 saturated carbocycles. The summed E-state index contributed by atoms with van der Waals surface area (Å²) in [7, 11) is 0. The van der Waals surface area contributed by atoms with E-state index in [0.29, 0.717) is 12.0 Å². The lowest BCUT2D eigenvalue weighted by molar-refractivity contribution is 0.342. The highest BCUT2D eigenvalue weighted by Gasteiger charge is 2.22. The predicted molar refractivity (Wildman–Crippen MR) is 76.5 cm³/mol. The van der Waals surface area contributed by atoms with Crippen LogP contribution in [0.5, 0.6) is 0 Å². The summed E-state index contributed by atoms with van der Waals surface area (Å²) < 4.78 is 7.64. The van der Waals surface area contributed by atoms with Crippen LogP contribution in [0.15, 0.2) is 16.5 Å². The van der Waals surface area contributed by atoms with E-state index < -0.39 is 0 Å². The van der Waals surface area contributed by atoms with E-state index in [1.807, 2.05) is 19.1 Å². The zero-order valence-corrected chi connectivity index (χ0v) is 12.4. The number of fused-ring (bicyclic) bond motifs is 1. The largest absolute Gasteiger partial charge is 0.465 e. The van der Waals surface area contributed by atoms with E-state index in [2.05, 4.69) is 33.9 Å². The van der Waals surface area contributed by atoms with Crippen molar-refractivity contribution < 1.29 is 4.42 Å². The first-order chi connectivity index (χ1) is 9.61. The van der Waals surface area contributed by atoms with Gasteiger partial charge in [0.05, 0.1) is 13.1 Å². The fourth-order valence-electron chi connectivity index (χ4n) is 2.56. The summed E-state index contributed by atoms with van der Waals surface area (Å²) in [6.07, 6.45) is 2.10. The van der Waals surface area contributed by atoms with Gasteiger partial charge in [-0.1, -0.05) is 13.8 Å². The van der Waals surface area contributed by atoms with Crippen molar-refractivity contribution in [3.05, 3.63) is 35.3 Å². The standard InChI is InChI=1S/C15H22N4O/c1-10(2)15-17-14-7-5-12(9-19(14)18-15)16-8-13-6-4-11(3)20-13/h4,6,10,12,16H,5,7-9H2,1-3H3/t12-/m1/s1. The third-order valence-corrected chi connectivity index (χ3v) is 3.75. The van der Waals surface area contributed by atoms with E-state index in [1.54, 1.807) is 0 Å². The molecule has 3 rings (SSSR count). The summed E-state index contributed by atoms with van der Waals surface area (Å²) >= 11 is 0. The van der Waals surface area contributed by atoms with Crippen molar-refractivity contribution in [3.8, 4) is 0 Å². The minimum absolute atomic E-state index is 0.394. The molecule has 5 heteroatoms. The van der Waals surface area contributed by atoms with Crippen molar-refractivity contribution in [3.63, 3.8) is 0 Å². The van der Waals surface area contributed by atoms with Gasteiger partial charge in [-0.3, -0.25) is 0 Å². The molecule has 5 nitrogen and oxygen atoms in total. The Kier molecular flexibility index (Phi) is 3.61. The topological polar surface area (TPSA) is 55.9 Å². The molecule has 0 amide bonds. The second-order valence-corrected chi connectivity index (χ2v) is 5.85. The highest BCUT2D eigenvalue weighted by molar-refractivity contribution is 5.06. The van der Waals surface area contributed by atoms with Crippen LogP contribution in [0.4, 0.5) is 0 Å². The molecule has 0 radical (unpaired) electrons. The minimum atomic E-state index is 0.394. The molecule has 1 aliphatic heterocycles. The number of hydrogen-bond acceptors (Lipinski definition) is 4. The van der Waals surface area contributed by atoms with Crippen molar-refractivity contribution in [2.45, 2.75) is 58.7 Å². The molecule has 20 heavy (non-hydrogen) atoms. The van der Waals surface area contributed by atoms with Gasteiger partial charge in [-0.2, -0.15) is 5.10 Å². The van der Waals surface area contributed by atoms with E-state index >= 15 is 0 Å². The van der Waals surface area contributed by atoms with Crippen LogP contribution in [-0.4, -0.2) is 20.8 Å². The van der Waals surface area contributed by atoms with E-state index in [4.69, 9.17) is 4.42 Å². The van der Waals surface area contributed by atoms with Crippen LogP contribution in [0.2, 0.25) is 0 Å². The fraction of sp³-hybridized carbons (Fsp3) is 0.600. The molecule has 0 spiro atoms. The third-order valence-electron chi connectivity index (χ3n) is 3.75. The van der Waals surface area contributed by atoms with Gasteiger partial charge in [0.25, 0.3) is 0 Å². The SMILES string of the molecule is Cc1ccc(CN[C@@H]2CCc3nc(C(C)C)nn3C2)o1. The van der Waals surface area contributed by atoms with Gasteiger partial charge in [0.2, 0.25) is 0 Å². The van der Waals surface area contributed by atoms with E-state index in [-0.39, 0.29) is 0 Å². The van der Waals surface area contributed by atoms with Gasteiger partial charge in [-0.25, -0.2) is 9.67 Å². The van der Waals surface area contributed by atoms with Crippen LogP contribution in [0.1, 0.15) is 49.4 Å². The van der Waals surface area contributed by atoms with Gasteiger partial charge in [0, 0.05) is 18.4 Å². The van der Waals surface area contributed by atoms with Crippen LogP contribution in [0, 0.1) is 6.92 Å². The van der Waals surface area contributed by atoms with Crippen molar-refractivity contribution in [2.24, 2.45) is 0 Å². The number of aryl methyl sites for hydroxylation is 2. The quantitative estimate of drug-likeness (QED) is 0.930. The first-order valence-electron chi connectivity index (χ1n) is 7.34. The molecule has 2 aromatic heterocycles. The van der Waals surface area contributed by atoms with Gasteiger partial charge >= 0.3 is 0 Å². The van der Waals surface area contributed by atoms with Gasteiger partial charge in [0.1, 0.15) is 17.3 Å². The number of rotatable bonds is 4. The molecule has 3 heterocycles. The summed E-state index contributed by atoms with van der Waals surface area (Å²) in [6, 6.07) is 4.47. The Morgan fingerprint density at radius 2 is 2.30 bits per heavy atom. The van der Waals surface area contributed by atoms with E-state index in [1.165, 1.54) is 0 Å². The zero-order valence-electron chi connectivity index (χ0n) is 12.4. The summed E-state index contributed by atoms with van der Waals surface area (Å²) in [4.78, 5) is 4.61. The maximum Gasteiger partial charge on any atom is 0.153 e. The second kappa shape index (κ2) is 5.40. The summed E-state index contributed by atoms with van der Waals surface area (Å²) in [5.74, 6) is 4.44. The molecule has 0 saturated heterocycles. The summed E-state index contributed by atoms with van der Waals surface area (Å²) in [5, 5.41) is 8.15. The maximum absolute atomic E-state index is 5.58. The van der Waals surface area contributed by atoms with Crippen LogP contribution in [0.25, 0.3) is 0 Å². The molecule has 2 aromatic rings. The van der Waals surface area contributed by atoms with Gasteiger partial charge in [-0.05, 0) is 25.5 Å². The number of nitrogens with one attached hydrogen (secondary N) is 1. The Morgan fingerprint density at radius 3 is 3.00 bits per heavy atom. The van der Waals surface area contributed by atoms with Crippen LogP contribution in [0.3, 0.4) is 0 Å². The average Bonchev–Trinajstić information content (AvgIpc) is 3.01. The molecule has 0 fully saturated rings. The van der Waals surface area contributed by atoms with Crippen LogP contribution < -0.4 is 5.32 Å². The first-order valence-corrected chi connectivity index (χ1v) is 7.34. The Hall–Kier alpha value is -1.62. The Morgan fingerprint density at radius 1 is 1.45 bits per heavy atom.